The molecule has 19 heavy (non-hydrogen) atoms. The molecule has 1 amide bonds. The van der Waals surface area contributed by atoms with Crippen LogP contribution < -0.4 is 5.32 Å². The first kappa shape index (κ1) is 14.1. The lowest BCUT2D eigenvalue weighted by Gasteiger charge is -2.06. The van der Waals surface area contributed by atoms with Crippen molar-refractivity contribution in [3.63, 3.8) is 0 Å². The Morgan fingerprint density at radius 3 is 2.79 bits per heavy atom. The fraction of sp³-hybridized carbons (Fsp3) is 0.154. The van der Waals surface area contributed by atoms with Crippen molar-refractivity contribution in [1.29, 1.82) is 0 Å². The Balaban J connectivity index is 1.95. The summed E-state index contributed by atoms with van der Waals surface area (Å²) in [5.41, 5.74) is 0.0581. The zero-order valence-electron chi connectivity index (χ0n) is 9.75. The Bertz CT molecular complexity index is 600. The van der Waals surface area contributed by atoms with E-state index in [1.54, 1.807) is 0 Å². The van der Waals surface area contributed by atoms with Crippen LogP contribution in [-0.4, -0.2) is 5.91 Å². The Kier molecular flexibility index (Phi) is 4.66. The third-order valence-electron chi connectivity index (χ3n) is 2.52. The molecule has 1 aromatic heterocycles. The summed E-state index contributed by atoms with van der Waals surface area (Å²) in [6.07, 6.45) is -0.174. The number of rotatable bonds is 4. The third kappa shape index (κ3) is 3.61. The SMILES string of the molecule is O=C(Cc1cccc(F)c1F)NCc1sccc1Br. The summed E-state index contributed by atoms with van der Waals surface area (Å²) in [6.45, 7) is 0.369. The topological polar surface area (TPSA) is 29.1 Å². The van der Waals surface area contributed by atoms with E-state index in [0.717, 1.165) is 15.4 Å². The number of benzene rings is 1. The van der Waals surface area contributed by atoms with Crippen molar-refractivity contribution in [2.75, 3.05) is 0 Å². The van der Waals surface area contributed by atoms with Crippen LogP contribution in [0.2, 0.25) is 0 Å². The molecule has 0 aliphatic heterocycles. The van der Waals surface area contributed by atoms with Gasteiger partial charge in [0.25, 0.3) is 0 Å². The molecule has 0 saturated carbocycles. The van der Waals surface area contributed by atoms with Crippen molar-refractivity contribution in [2.24, 2.45) is 0 Å². The van der Waals surface area contributed by atoms with E-state index in [1.807, 2.05) is 11.4 Å². The first-order valence-corrected chi connectivity index (χ1v) is 7.16. The van der Waals surface area contributed by atoms with Crippen LogP contribution in [0.3, 0.4) is 0 Å². The van der Waals surface area contributed by atoms with Crippen LogP contribution in [-0.2, 0) is 17.8 Å². The summed E-state index contributed by atoms with van der Waals surface area (Å²) in [5, 5.41) is 4.57. The molecule has 0 unspecified atom stereocenters. The largest absolute Gasteiger partial charge is 0.351 e. The van der Waals surface area contributed by atoms with Gasteiger partial charge in [-0.15, -0.1) is 11.3 Å². The van der Waals surface area contributed by atoms with Crippen molar-refractivity contribution in [3.05, 3.63) is 56.2 Å². The molecule has 2 aromatic rings. The molecular formula is C13H10BrF2NOS. The van der Waals surface area contributed by atoms with E-state index in [-0.39, 0.29) is 17.9 Å². The molecule has 1 aromatic carbocycles. The van der Waals surface area contributed by atoms with Crippen LogP contribution in [0.15, 0.2) is 34.1 Å². The standard InChI is InChI=1S/C13H10BrF2NOS/c14-9-4-5-19-11(9)7-17-12(18)6-8-2-1-3-10(15)13(8)16/h1-5H,6-7H2,(H,17,18). The zero-order chi connectivity index (χ0) is 13.8. The van der Waals surface area contributed by atoms with Crippen molar-refractivity contribution < 1.29 is 13.6 Å². The lowest BCUT2D eigenvalue weighted by atomic mass is 10.1. The van der Waals surface area contributed by atoms with Gasteiger partial charge in [0, 0.05) is 14.9 Å². The van der Waals surface area contributed by atoms with Crippen molar-refractivity contribution in [2.45, 2.75) is 13.0 Å². The van der Waals surface area contributed by atoms with E-state index in [0.29, 0.717) is 6.54 Å². The van der Waals surface area contributed by atoms with Gasteiger partial charge in [-0.3, -0.25) is 4.79 Å². The fourth-order valence-electron chi connectivity index (χ4n) is 1.55. The third-order valence-corrected chi connectivity index (χ3v) is 4.45. The van der Waals surface area contributed by atoms with Gasteiger partial charge in [-0.05, 0) is 33.4 Å². The average molecular weight is 346 g/mol. The van der Waals surface area contributed by atoms with E-state index in [9.17, 15) is 13.6 Å². The molecule has 0 aliphatic carbocycles. The normalized spacial score (nSPS) is 10.5. The summed E-state index contributed by atoms with van der Waals surface area (Å²) >= 11 is 4.86. The predicted molar refractivity (Wildman–Crippen MR) is 73.9 cm³/mol. The lowest BCUT2D eigenvalue weighted by Crippen LogP contribution is -2.24. The van der Waals surface area contributed by atoms with Crippen LogP contribution in [0, 0.1) is 11.6 Å². The minimum atomic E-state index is -0.963. The highest BCUT2D eigenvalue weighted by molar-refractivity contribution is 9.10. The second-order valence-electron chi connectivity index (χ2n) is 3.86. The summed E-state index contributed by atoms with van der Waals surface area (Å²) in [6, 6.07) is 5.70. The summed E-state index contributed by atoms with van der Waals surface area (Å²) in [7, 11) is 0. The molecule has 2 nitrogen and oxygen atoms in total. The molecule has 0 saturated heterocycles. The summed E-state index contributed by atoms with van der Waals surface area (Å²) < 4.78 is 27.3. The van der Waals surface area contributed by atoms with Crippen LogP contribution in [0.5, 0.6) is 0 Å². The fourth-order valence-corrected chi connectivity index (χ4v) is 2.98. The van der Waals surface area contributed by atoms with Gasteiger partial charge in [-0.2, -0.15) is 0 Å². The monoisotopic (exact) mass is 345 g/mol. The van der Waals surface area contributed by atoms with Gasteiger partial charge in [0.05, 0.1) is 13.0 Å². The number of carbonyl (C=O) groups excluding carboxylic acids is 1. The smallest absolute Gasteiger partial charge is 0.224 e. The zero-order valence-corrected chi connectivity index (χ0v) is 12.2. The second kappa shape index (κ2) is 6.25. The van der Waals surface area contributed by atoms with Gasteiger partial charge < -0.3 is 5.32 Å². The maximum Gasteiger partial charge on any atom is 0.224 e. The molecular weight excluding hydrogens is 336 g/mol. The van der Waals surface area contributed by atoms with E-state index in [1.165, 1.54) is 23.5 Å². The number of hydrogen-bond acceptors (Lipinski definition) is 2. The Morgan fingerprint density at radius 1 is 1.32 bits per heavy atom. The molecule has 0 bridgehead atoms. The first-order valence-electron chi connectivity index (χ1n) is 5.49. The van der Waals surface area contributed by atoms with Gasteiger partial charge >= 0.3 is 0 Å². The Hall–Kier alpha value is -1.27. The van der Waals surface area contributed by atoms with Crippen LogP contribution in [0.25, 0.3) is 0 Å². The first-order chi connectivity index (χ1) is 9.08. The predicted octanol–water partition coefficient (Wildman–Crippen LogP) is 3.65. The average Bonchev–Trinajstić information content (AvgIpc) is 2.78. The molecule has 2 rings (SSSR count). The Morgan fingerprint density at radius 2 is 2.11 bits per heavy atom. The maximum absolute atomic E-state index is 13.4. The molecule has 6 heteroatoms. The molecule has 100 valence electrons. The number of halogens is 3. The van der Waals surface area contributed by atoms with E-state index < -0.39 is 11.6 Å². The van der Waals surface area contributed by atoms with E-state index in [4.69, 9.17) is 0 Å². The summed E-state index contributed by atoms with van der Waals surface area (Å²) in [4.78, 5) is 12.7. The van der Waals surface area contributed by atoms with Crippen LogP contribution in [0.4, 0.5) is 8.78 Å². The van der Waals surface area contributed by atoms with Crippen molar-refractivity contribution in [3.8, 4) is 0 Å². The molecule has 1 N–H and O–H groups in total. The van der Waals surface area contributed by atoms with E-state index in [2.05, 4.69) is 21.2 Å². The van der Waals surface area contributed by atoms with Gasteiger partial charge in [-0.25, -0.2) is 8.78 Å². The van der Waals surface area contributed by atoms with Gasteiger partial charge in [-0.1, -0.05) is 12.1 Å². The van der Waals surface area contributed by atoms with Crippen molar-refractivity contribution in [1.82, 2.24) is 5.32 Å². The van der Waals surface area contributed by atoms with Crippen molar-refractivity contribution >= 4 is 33.2 Å². The van der Waals surface area contributed by atoms with Crippen LogP contribution in [0.1, 0.15) is 10.4 Å². The highest BCUT2D eigenvalue weighted by Gasteiger charge is 2.12. The second-order valence-corrected chi connectivity index (χ2v) is 5.71. The molecule has 0 spiro atoms. The number of nitrogens with one attached hydrogen (secondary N) is 1. The highest BCUT2D eigenvalue weighted by atomic mass is 79.9. The number of carbonyl (C=O) groups is 1. The molecule has 0 fully saturated rings. The molecule has 1 heterocycles. The van der Waals surface area contributed by atoms with Gasteiger partial charge in [0.2, 0.25) is 5.91 Å². The number of hydrogen-bond donors (Lipinski definition) is 1. The highest BCUT2D eigenvalue weighted by Crippen LogP contribution is 2.22. The van der Waals surface area contributed by atoms with Crippen LogP contribution >= 0.6 is 27.3 Å². The lowest BCUT2D eigenvalue weighted by molar-refractivity contribution is -0.120. The minimum Gasteiger partial charge on any atom is -0.351 e. The van der Waals surface area contributed by atoms with E-state index >= 15 is 0 Å². The molecule has 0 aliphatic rings. The number of thiophene rings is 1. The summed E-state index contributed by atoms with van der Waals surface area (Å²) in [5.74, 6) is -2.24. The minimum absolute atomic E-state index is 0.0581. The quantitative estimate of drug-likeness (QED) is 0.900. The van der Waals surface area contributed by atoms with Gasteiger partial charge in [0.15, 0.2) is 11.6 Å². The molecule has 0 atom stereocenters. The molecule has 0 radical (unpaired) electrons. The number of amides is 1. The Labute approximate surface area is 121 Å². The van der Waals surface area contributed by atoms with Gasteiger partial charge in [0.1, 0.15) is 0 Å². The maximum atomic E-state index is 13.4.